The molecule has 2 N–H and O–H groups in total. The number of hydrogen-bond donors (Lipinski definition) is 2. The standard InChI is InChI=1S/C17H14O6S/c1-23-17(22)13-7-6-12(9-14(13)16(20)21)24-11-4-2-10(3-5-11)8-15(18)19/h2-7,9H,8H2,1H3,(H,18,19)(H,20,21). The summed E-state index contributed by atoms with van der Waals surface area (Å²) in [6.07, 6.45) is -0.0536. The van der Waals surface area contributed by atoms with Crippen molar-refractivity contribution >= 4 is 29.7 Å². The molecule has 0 aromatic heterocycles. The average Bonchev–Trinajstić information content (AvgIpc) is 2.55. The van der Waals surface area contributed by atoms with E-state index in [2.05, 4.69) is 4.74 Å². The number of carbonyl (C=O) groups excluding carboxylic acids is 1. The van der Waals surface area contributed by atoms with Crippen LogP contribution in [0.1, 0.15) is 26.3 Å². The second kappa shape index (κ2) is 7.65. The van der Waals surface area contributed by atoms with Crippen LogP contribution < -0.4 is 0 Å². The van der Waals surface area contributed by atoms with Gasteiger partial charge in [0, 0.05) is 9.79 Å². The summed E-state index contributed by atoms with van der Waals surface area (Å²) in [7, 11) is 1.19. The zero-order chi connectivity index (χ0) is 17.7. The van der Waals surface area contributed by atoms with Crippen LogP contribution in [0, 0.1) is 0 Å². The van der Waals surface area contributed by atoms with Crippen LogP contribution in [-0.4, -0.2) is 35.2 Å². The van der Waals surface area contributed by atoms with E-state index in [4.69, 9.17) is 5.11 Å². The molecular weight excluding hydrogens is 332 g/mol. The summed E-state index contributed by atoms with van der Waals surface area (Å²) in [4.78, 5) is 35.0. The first-order chi connectivity index (χ1) is 11.4. The predicted molar refractivity (Wildman–Crippen MR) is 86.6 cm³/mol. The maximum absolute atomic E-state index is 11.6. The summed E-state index contributed by atoms with van der Waals surface area (Å²) < 4.78 is 4.57. The van der Waals surface area contributed by atoms with Gasteiger partial charge in [0.25, 0.3) is 0 Å². The molecule has 2 aromatic rings. The molecule has 6 nitrogen and oxygen atoms in total. The van der Waals surface area contributed by atoms with Crippen molar-refractivity contribution in [3.63, 3.8) is 0 Å². The summed E-state index contributed by atoms with van der Waals surface area (Å²) in [6, 6.07) is 11.4. The second-order valence-corrected chi connectivity index (χ2v) is 5.97. The van der Waals surface area contributed by atoms with E-state index in [-0.39, 0.29) is 17.5 Å². The molecule has 0 aliphatic rings. The molecule has 0 fully saturated rings. The van der Waals surface area contributed by atoms with Crippen LogP contribution in [0.4, 0.5) is 0 Å². The molecule has 0 amide bonds. The van der Waals surface area contributed by atoms with Gasteiger partial charge >= 0.3 is 17.9 Å². The fourth-order valence-corrected chi connectivity index (χ4v) is 2.89. The minimum atomic E-state index is -1.21. The SMILES string of the molecule is COC(=O)c1ccc(Sc2ccc(CC(=O)O)cc2)cc1C(=O)O. The number of carbonyl (C=O) groups is 3. The molecule has 0 saturated carbocycles. The molecule has 24 heavy (non-hydrogen) atoms. The van der Waals surface area contributed by atoms with Gasteiger partial charge in [0.2, 0.25) is 0 Å². The number of carboxylic acid groups (broad SMARTS) is 2. The molecule has 0 unspecified atom stereocenters. The van der Waals surface area contributed by atoms with Crippen LogP contribution in [0.5, 0.6) is 0 Å². The van der Waals surface area contributed by atoms with Gasteiger partial charge in [-0.05, 0) is 35.9 Å². The van der Waals surface area contributed by atoms with Crippen LogP contribution in [0.25, 0.3) is 0 Å². The fraction of sp³-hybridized carbons (Fsp3) is 0.118. The van der Waals surface area contributed by atoms with Crippen LogP contribution in [0.3, 0.4) is 0 Å². The maximum atomic E-state index is 11.6. The number of rotatable bonds is 6. The molecule has 2 rings (SSSR count). The van der Waals surface area contributed by atoms with Crippen LogP contribution in [-0.2, 0) is 16.0 Å². The van der Waals surface area contributed by atoms with Crippen molar-refractivity contribution in [2.45, 2.75) is 16.2 Å². The summed E-state index contributed by atoms with van der Waals surface area (Å²) in [5.41, 5.74) is 0.541. The van der Waals surface area contributed by atoms with Gasteiger partial charge in [0.1, 0.15) is 0 Å². The highest BCUT2D eigenvalue weighted by atomic mass is 32.2. The van der Waals surface area contributed by atoms with E-state index in [0.717, 1.165) is 4.90 Å². The van der Waals surface area contributed by atoms with Crippen molar-refractivity contribution in [1.82, 2.24) is 0 Å². The number of esters is 1. The van der Waals surface area contributed by atoms with Crippen LogP contribution in [0.15, 0.2) is 52.3 Å². The van der Waals surface area contributed by atoms with Crippen molar-refractivity contribution in [3.8, 4) is 0 Å². The minimum absolute atomic E-state index is 0.00819. The Balaban J connectivity index is 2.23. The van der Waals surface area contributed by atoms with E-state index in [1.54, 1.807) is 30.3 Å². The number of methoxy groups -OCH3 is 1. The Morgan fingerprint density at radius 1 is 0.958 bits per heavy atom. The first kappa shape index (κ1) is 17.6. The highest BCUT2D eigenvalue weighted by Gasteiger charge is 2.18. The number of aliphatic carboxylic acids is 1. The smallest absolute Gasteiger partial charge is 0.338 e. The third-order valence-corrected chi connectivity index (χ3v) is 4.14. The minimum Gasteiger partial charge on any atom is -0.481 e. The molecule has 0 radical (unpaired) electrons. The van der Waals surface area contributed by atoms with Gasteiger partial charge < -0.3 is 14.9 Å². The third-order valence-electron chi connectivity index (χ3n) is 3.14. The van der Waals surface area contributed by atoms with E-state index >= 15 is 0 Å². The molecule has 0 saturated heterocycles. The summed E-state index contributed by atoms with van der Waals surface area (Å²) in [5, 5.41) is 18.0. The van der Waals surface area contributed by atoms with Crippen molar-refractivity contribution in [2.24, 2.45) is 0 Å². The molecule has 0 aliphatic heterocycles. The van der Waals surface area contributed by atoms with Gasteiger partial charge in [-0.1, -0.05) is 23.9 Å². The molecule has 7 heteroatoms. The van der Waals surface area contributed by atoms with Crippen molar-refractivity contribution in [1.29, 1.82) is 0 Å². The number of ether oxygens (including phenoxy) is 1. The normalized spacial score (nSPS) is 10.2. The predicted octanol–water partition coefficient (Wildman–Crippen LogP) is 2.95. The zero-order valence-corrected chi connectivity index (χ0v) is 13.5. The van der Waals surface area contributed by atoms with Gasteiger partial charge in [0.05, 0.1) is 24.7 Å². The highest BCUT2D eigenvalue weighted by molar-refractivity contribution is 7.99. The third kappa shape index (κ3) is 4.36. The van der Waals surface area contributed by atoms with E-state index in [1.165, 1.54) is 31.0 Å². The van der Waals surface area contributed by atoms with Crippen molar-refractivity contribution in [2.75, 3.05) is 7.11 Å². The van der Waals surface area contributed by atoms with E-state index < -0.39 is 17.9 Å². The van der Waals surface area contributed by atoms with E-state index in [1.807, 2.05) is 0 Å². The Labute approximate surface area is 142 Å². The van der Waals surface area contributed by atoms with Gasteiger partial charge in [-0.25, -0.2) is 9.59 Å². The summed E-state index contributed by atoms with van der Waals surface area (Å²) in [6.45, 7) is 0. The maximum Gasteiger partial charge on any atom is 0.338 e. The molecule has 0 spiro atoms. The second-order valence-electron chi connectivity index (χ2n) is 4.82. The molecule has 2 aromatic carbocycles. The topological polar surface area (TPSA) is 101 Å². The summed E-state index contributed by atoms with van der Waals surface area (Å²) in [5.74, 6) is -2.82. The molecule has 0 aliphatic carbocycles. The Morgan fingerprint density at radius 3 is 2.12 bits per heavy atom. The number of aromatic carboxylic acids is 1. The Morgan fingerprint density at radius 2 is 1.58 bits per heavy atom. The quantitative estimate of drug-likeness (QED) is 0.775. The average molecular weight is 346 g/mol. The van der Waals surface area contributed by atoms with Gasteiger partial charge in [0.15, 0.2) is 0 Å². The van der Waals surface area contributed by atoms with Gasteiger partial charge in [-0.2, -0.15) is 0 Å². The number of benzene rings is 2. The largest absolute Gasteiger partial charge is 0.481 e. The first-order valence-electron chi connectivity index (χ1n) is 6.85. The van der Waals surface area contributed by atoms with E-state index in [9.17, 15) is 19.5 Å². The Hall–Kier alpha value is -2.80. The molecular formula is C17H14O6S. The number of hydrogen-bond acceptors (Lipinski definition) is 5. The van der Waals surface area contributed by atoms with E-state index in [0.29, 0.717) is 10.5 Å². The van der Waals surface area contributed by atoms with Crippen molar-refractivity contribution < 1.29 is 29.3 Å². The Bertz CT molecular complexity index is 782. The molecule has 124 valence electrons. The lowest BCUT2D eigenvalue weighted by Crippen LogP contribution is -2.10. The molecule has 0 atom stereocenters. The Kier molecular flexibility index (Phi) is 5.59. The molecule has 0 heterocycles. The lowest BCUT2D eigenvalue weighted by molar-refractivity contribution is -0.136. The van der Waals surface area contributed by atoms with Crippen molar-refractivity contribution in [3.05, 3.63) is 59.2 Å². The monoisotopic (exact) mass is 346 g/mol. The van der Waals surface area contributed by atoms with Crippen LogP contribution >= 0.6 is 11.8 Å². The lowest BCUT2D eigenvalue weighted by Gasteiger charge is -2.08. The number of carboxylic acids is 2. The fourth-order valence-electron chi connectivity index (χ4n) is 2.04. The molecule has 0 bridgehead atoms. The first-order valence-corrected chi connectivity index (χ1v) is 7.66. The van der Waals surface area contributed by atoms with Crippen LogP contribution in [0.2, 0.25) is 0 Å². The zero-order valence-electron chi connectivity index (χ0n) is 12.7. The lowest BCUT2D eigenvalue weighted by atomic mass is 10.1. The highest BCUT2D eigenvalue weighted by Crippen LogP contribution is 2.29. The van der Waals surface area contributed by atoms with Gasteiger partial charge in [-0.3, -0.25) is 4.79 Å². The van der Waals surface area contributed by atoms with Gasteiger partial charge in [-0.15, -0.1) is 0 Å². The summed E-state index contributed by atoms with van der Waals surface area (Å²) >= 11 is 1.31.